The summed E-state index contributed by atoms with van der Waals surface area (Å²) in [5.74, 6) is 1.82. The van der Waals surface area contributed by atoms with Crippen molar-refractivity contribution in [3.8, 4) is 11.8 Å². The van der Waals surface area contributed by atoms with Gasteiger partial charge in [0, 0.05) is 5.92 Å². The SMILES string of the molecule is CC(C)C(COc1ccc(C#N)cc1)C1CO1. The van der Waals surface area contributed by atoms with Crippen LogP contribution in [0.1, 0.15) is 19.4 Å². The molecule has 0 aromatic heterocycles. The van der Waals surface area contributed by atoms with Crippen LogP contribution in [0.3, 0.4) is 0 Å². The van der Waals surface area contributed by atoms with Crippen LogP contribution in [0.15, 0.2) is 24.3 Å². The van der Waals surface area contributed by atoms with Crippen LogP contribution in [-0.2, 0) is 4.74 Å². The van der Waals surface area contributed by atoms with E-state index in [4.69, 9.17) is 14.7 Å². The van der Waals surface area contributed by atoms with Gasteiger partial charge in [-0.05, 0) is 30.2 Å². The molecule has 0 radical (unpaired) electrons. The molecule has 0 bridgehead atoms. The monoisotopic (exact) mass is 231 g/mol. The smallest absolute Gasteiger partial charge is 0.119 e. The molecule has 3 nitrogen and oxygen atoms in total. The Morgan fingerprint density at radius 3 is 2.53 bits per heavy atom. The van der Waals surface area contributed by atoms with E-state index in [-0.39, 0.29) is 0 Å². The molecule has 2 rings (SSSR count). The molecule has 0 aliphatic carbocycles. The molecule has 0 N–H and O–H groups in total. The third-order valence-corrected chi connectivity index (χ3v) is 3.12. The Kier molecular flexibility index (Phi) is 3.65. The van der Waals surface area contributed by atoms with E-state index < -0.39 is 0 Å². The summed E-state index contributed by atoms with van der Waals surface area (Å²) in [5, 5.41) is 8.69. The molecule has 0 saturated carbocycles. The van der Waals surface area contributed by atoms with E-state index in [1.54, 1.807) is 12.1 Å². The first kappa shape index (κ1) is 11.9. The first-order valence-corrected chi connectivity index (χ1v) is 5.95. The zero-order valence-corrected chi connectivity index (χ0v) is 10.2. The standard InChI is InChI=1S/C14H17NO2/c1-10(2)13(14-9-17-14)8-16-12-5-3-11(7-15)4-6-12/h3-6,10,13-14H,8-9H2,1-2H3. The summed E-state index contributed by atoms with van der Waals surface area (Å²) in [5.41, 5.74) is 0.656. The van der Waals surface area contributed by atoms with Gasteiger partial charge >= 0.3 is 0 Å². The lowest BCUT2D eigenvalue weighted by Gasteiger charge is -2.19. The molecule has 1 aromatic carbocycles. The average molecular weight is 231 g/mol. The molecule has 2 unspecified atom stereocenters. The van der Waals surface area contributed by atoms with Gasteiger partial charge in [-0.25, -0.2) is 0 Å². The molecule has 1 aliphatic rings. The normalized spacial score (nSPS) is 19.8. The Morgan fingerprint density at radius 1 is 1.41 bits per heavy atom. The van der Waals surface area contributed by atoms with Gasteiger partial charge in [-0.15, -0.1) is 0 Å². The summed E-state index contributed by atoms with van der Waals surface area (Å²) < 4.78 is 11.1. The summed E-state index contributed by atoms with van der Waals surface area (Å²) in [7, 11) is 0. The maximum Gasteiger partial charge on any atom is 0.119 e. The van der Waals surface area contributed by atoms with Crippen molar-refractivity contribution in [2.24, 2.45) is 11.8 Å². The Labute approximate surface area is 102 Å². The highest BCUT2D eigenvalue weighted by atomic mass is 16.6. The maximum absolute atomic E-state index is 8.69. The van der Waals surface area contributed by atoms with Gasteiger partial charge in [0.1, 0.15) is 5.75 Å². The topological polar surface area (TPSA) is 45.5 Å². The van der Waals surface area contributed by atoms with Crippen molar-refractivity contribution in [1.29, 1.82) is 5.26 Å². The zero-order chi connectivity index (χ0) is 12.3. The lowest BCUT2D eigenvalue weighted by molar-refractivity contribution is 0.172. The van der Waals surface area contributed by atoms with E-state index >= 15 is 0 Å². The second kappa shape index (κ2) is 5.20. The highest BCUT2D eigenvalue weighted by Crippen LogP contribution is 2.27. The predicted octanol–water partition coefficient (Wildman–Crippen LogP) is 2.61. The predicted molar refractivity (Wildman–Crippen MR) is 64.7 cm³/mol. The van der Waals surface area contributed by atoms with Crippen LogP contribution < -0.4 is 4.74 Å². The van der Waals surface area contributed by atoms with Gasteiger partial charge in [0.2, 0.25) is 0 Å². The number of hydrogen-bond donors (Lipinski definition) is 0. The minimum absolute atomic E-state index is 0.369. The molecule has 90 valence electrons. The van der Waals surface area contributed by atoms with Crippen LogP contribution in [0, 0.1) is 23.2 Å². The quantitative estimate of drug-likeness (QED) is 0.732. The molecule has 17 heavy (non-hydrogen) atoms. The summed E-state index contributed by atoms with van der Waals surface area (Å²) in [6.07, 6.45) is 0.369. The second-order valence-corrected chi connectivity index (χ2v) is 4.73. The molecular formula is C14H17NO2. The van der Waals surface area contributed by atoms with Crippen molar-refractivity contribution in [1.82, 2.24) is 0 Å². The molecule has 1 aromatic rings. The van der Waals surface area contributed by atoms with Crippen molar-refractivity contribution in [2.45, 2.75) is 20.0 Å². The van der Waals surface area contributed by atoms with Crippen LogP contribution in [0.5, 0.6) is 5.75 Å². The molecule has 1 fully saturated rings. The van der Waals surface area contributed by atoms with E-state index in [1.807, 2.05) is 12.1 Å². The minimum Gasteiger partial charge on any atom is -0.493 e. The van der Waals surface area contributed by atoms with Gasteiger partial charge in [-0.1, -0.05) is 13.8 Å². The number of nitriles is 1. The molecule has 0 spiro atoms. The molecular weight excluding hydrogens is 214 g/mol. The molecule has 0 amide bonds. The Morgan fingerprint density at radius 2 is 2.06 bits per heavy atom. The molecule has 2 atom stereocenters. The van der Waals surface area contributed by atoms with E-state index in [2.05, 4.69) is 19.9 Å². The van der Waals surface area contributed by atoms with Crippen LogP contribution in [0.4, 0.5) is 0 Å². The van der Waals surface area contributed by atoms with Crippen molar-refractivity contribution in [3.05, 3.63) is 29.8 Å². The van der Waals surface area contributed by atoms with E-state index in [1.165, 1.54) is 0 Å². The first-order valence-electron chi connectivity index (χ1n) is 5.95. The van der Waals surface area contributed by atoms with E-state index in [9.17, 15) is 0 Å². The minimum atomic E-state index is 0.369. The number of benzene rings is 1. The Balaban J connectivity index is 1.89. The van der Waals surface area contributed by atoms with Crippen LogP contribution >= 0.6 is 0 Å². The number of epoxide rings is 1. The van der Waals surface area contributed by atoms with Gasteiger partial charge in [0.25, 0.3) is 0 Å². The second-order valence-electron chi connectivity index (χ2n) is 4.73. The highest BCUT2D eigenvalue weighted by molar-refractivity contribution is 5.34. The largest absolute Gasteiger partial charge is 0.493 e. The fraction of sp³-hybridized carbons (Fsp3) is 0.500. The van der Waals surface area contributed by atoms with Crippen molar-refractivity contribution >= 4 is 0 Å². The lowest BCUT2D eigenvalue weighted by Crippen LogP contribution is -2.23. The number of nitrogens with zero attached hydrogens (tertiary/aromatic N) is 1. The van der Waals surface area contributed by atoms with Gasteiger partial charge in [0.05, 0.1) is 31.0 Å². The summed E-state index contributed by atoms with van der Waals surface area (Å²) in [4.78, 5) is 0. The zero-order valence-electron chi connectivity index (χ0n) is 10.2. The summed E-state index contributed by atoms with van der Waals surface area (Å²) in [6, 6.07) is 9.31. The fourth-order valence-corrected chi connectivity index (χ4v) is 1.85. The van der Waals surface area contributed by atoms with Crippen molar-refractivity contribution in [3.63, 3.8) is 0 Å². The fourth-order valence-electron chi connectivity index (χ4n) is 1.85. The third-order valence-electron chi connectivity index (χ3n) is 3.12. The highest BCUT2D eigenvalue weighted by Gasteiger charge is 2.35. The summed E-state index contributed by atoms with van der Waals surface area (Å²) in [6.45, 7) is 5.91. The Hall–Kier alpha value is -1.53. The van der Waals surface area contributed by atoms with Gasteiger partial charge in [0.15, 0.2) is 0 Å². The third kappa shape index (κ3) is 3.21. The maximum atomic E-state index is 8.69. The van der Waals surface area contributed by atoms with Gasteiger partial charge in [-0.2, -0.15) is 5.26 Å². The number of hydrogen-bond acceptors (Lipinski definition) is 3. The van der Waals surface area contributed by atoms with Gasteiger partial charge < -0.3 is 9.47 Å². The summed E-state index contributed by atoms with van der Waals surface area (Å²) >= 11 is 0. The van der Waals surface area contributed by atoms with E-state index in [0.29, 0.717) is 30.1 Å². The van der Waals surface area contributed by atoms with Crippen molar-refractivity contribution in [2.75, 3.05) is 13.2 Å². The molecule has 1 saturated heterocycles. The van der Waals surface area contributed by atoms with Crippen LogP contribution in [-0.4, -0.2) is 19.3 Å². The van der Waals surface area contributed by atoms with Gasteiger partial charge in [-0.3, -0.25) is 0 Å². The molecule has 1 aliphatic heterocycles. The van der Waals surface area contributed by atoms with Crippen LogP contribution in [0.25, 0.3) is 0 Å². The Bertz CT molecular complexity index is 399. The number of rotatable bonds is 5. The number of ether oxygens (including phenoxy) is 2. The molecule has 3 heteroatoms. The van der Waals surface area contributed by atoms with E-state index in [0.717, 1.165) is 12.4 Å². The van der Waals surface area contributed by atoms with Crippen LogP contribution in [0.2, 0.25) is 0 Å². The lowest BCUT2D eigenvalue weighted by atomic mass is 9.94. The molecule has 1 heterocycles. The average Bonchev–Trinajstić information content (AvgIpc) is 3.14. The first-order chi connectivity index (χ1) is 8.20. The van der Waals surface area contributed by atoms with Crippen molar-refractivity contribution < 1.29 is 9.47 Å².